The maximum absolute atomic E-state index is 13.5. The number of carbonyl (C=O) groups excluding carboxylic acids is 1. The Morgan fingerprint density at radius 1 is 1.12 bits per heavy atom. The molecule has 0 aromatic carbocycles. The maximum atomic E-state index is 13.5. The predicted molar refractivity (Wildman–Crippen MR) is 149 cm³/mol. The molecule has 0 saturated carbocycles. The normalized spacial score (nSPS) is 17.0. The molecule has 4 heterocycles. The van der Waals surface area contributed by atoms with E-state index in [1.165, 1.54) is 46.9 Å². The van der Waals surface area contributed by atoms with Gasteiger partial charge in [-0.25, -0.2) is 22.8 Å². The molecule has 0 aliphatic carbocycles. The molecule has 1 saturated heterocycles. The summed E-state index contributed by atoms with van der Waals surface area (Å²) in [6.45, 7) is 11.7. The van der Waals surface area contributed by atoms with E-state index in [4.69, 9.17) is 9.72 Å². The first-order chi connectivity index (χ1) is 19.1. The minimum absolute atomic E-state index is 0.0296. The third-order valence-electron chi connectivity index (χ3n) is 7.22. The van der Waals surface area contributed by atoms with Crippen LogP contribution in [0.2, 0.25) is 0 Å². The molecule has 0 radical (unpaired) electrons. The largest absolute Gasteiger partial charge is 0.476 e. The van der Waals surface area contributed by atoms with E-state index in [-0.39, 0.29) is 39.1 Å². The molecule has 15 heteroatoms. The van der Waals surface area contributed by atoms with Gasteiger partial charge in [0.05, 0.1) is 16.7 Å². The van der Waals surface area contributed by atoms with Crippen LogP contribution in [0.5, 0.6) is 5.88 Å². The summed E-state index contributed by atoms with van der Waals surface area (Å²) in [7, 11) is -2.66. The standard InChI is InChI=1S/C27H36F3N7O4S/c1-17-19(13-35(8)32-17)42(39,40)34-23(38)18-9-10-20(31-22(18)36-15-24(2,3)14-26(36,6)7)37-12-11-21(33-37)41-16-25(4,5)27(28,29)30/h9-13H,14-16H2,1-8H3,(H,34,38). The summed E-state index contributed by atoms with van der Waals surface area (Å²) < 4.78 is 76.0. The highest BCUT2D eigenvalue weighted by molar-refractivity contribution is 7.90. The molecule has 0 atom stereocenters. The first-order valence-electron chi connectivity index (χ1n) is 13.2. The molecule has 1 fully saturated rings. The van der Waals surface area contributed by atoms with Crippen molar-refractivity contribution in [3.05, 3.63) is 41.9 Å². The molecular formula is C27H36F3N7O4S. The highest BCUT2D eigenvalue weighted by Crippen LogP contribution is 2.44. The van der Waals surface area contributed by atoms with Crippen molar-refractivity contribution in [2.45, 2.75) is 71.5 Å². The summed E-state index contributed by atoms with van der Waals surface area (Å²) in [5.74, 6) is -0.391. The second-order valence-corrected chi connectivity index (χ2v) is 14.4. The SMILES string of the molecule is Cc1nn(C)cc1S(=O)(=O)NC(=O)c1ccc(-n2ccc(OCC(C)(C)C(F)(F)F)n2)nc1N1CC(C)(C)CC1(C)C. The lowest BCUT2D eigenvalue weighted by molar-refractivity contribution is -0.219. The molecule has 3 aromatic rings. The zero-order valence-electron chi connectivity index (χ0n) is 24.9. The molecule has 4 rings (SSSR count). The van der Waals surface area contributed by atoms with E-state index in [1.54, 1.807) is 7.05 Å². The smallest absolute Gasteiger partial charge is 0.397 e. The van der Waals surface area contributed by atoms with Crippen LogP contribution in [0.15, 0.2) is 35.5 Å². The average Bonchev–Trinajstić information content (AvgIpc) is 3.51. The number of pyridine rings is 1. The van der Waals surface area contributed by atoms with Crippen LogP contribution in [0.4, 0.5) is 19.0 Å². The van der Waals surface area contributed by atoms with Gasteiger partial charge >= 0.3 is 6.18 Å². The summed E-state index contributed by atoms with van der Waals surface area (Å²) in [6.07, 6.45) is -0.889. The summed E-state index contributed by atoms with van der Waals surface area (Å²) in [5, 5.41) is 8.27. The lowest BCUT2D eigenvalue weighted by Gasteiger charge is -2.33. The fraction of sp³-hybridized carbons (Fsp3) is 0.556. The van der Waals surface area contributed by atoms with E-state index in [1.807, 2.05) is 18.7 Å². The van der Waals surface area contributed by atoms with E-state index < -0.39 is 39.7 Å². The quantitative estimate of drug-likeness (QED) is 0.397. The molecule has 0 bridgehead atoms. The average molecular weight is 612 g/mol. The number of nitrogens with one attached hydrogen (secondary N) is 1. The molecule has 1 aliphatic rings. The third kappa shape index (κ3) is 6.25. The number of aryl methyl sites for hydroxylation is 2. The van der Waals surface area contributed by atoms with Gasteiger partial charge in [0.25, 0.3) is 15.9 Å². The van der Waals surface area contributed by atoms with E-state index in [0.717, 1.165) is 20.3 Å². The second-order valence-electron chi connectivity index (χ2n) is 12.7. The first-order valence-corrected chi connectivity index (χ1v) is 14.7. The van der Waals surface area contributed by atoms with Crippen molar-refractivity contribution in [3.8, 4) is 11.7 Å². The Labute approximate surface area is 243 Å². The Hall–Kier alpha value is -3.62. The fourth-order valence-electron chi connectivity index (χ4n) is 5.20. The van der Waals surface area contributed by atoms with Crippen LogP contribution in [-0.2, 0) is 17.1 Å². The minimum atomic E-state index is -4.46. The Kier molecular flexibility index (Phi) is 7.66. The van der Waals surface area contributed by atoms with Crippen LogP contribution in [0, 0.1) is 17.8 Å². The topological polar surface area (TPSA) is 124 Å². The van der Waals surface area contributed by atoms with Gasteiger partial charge in [0.2, 0.25) is 5.88 Å². The van der Waals surface area contributed by atoms with Crippen molar-refractivity contribution < 1.29 is 31.1 Å². The number of aromatic nitrogens is 5. The number of sulfonamides is 1. The number of carbonyl (C=O) groups is 1. The van der Waals surface area contributed by atoms with Crippen molar-refractivity contribution in [1.29, 1.82) is 0 Å². The van der Waals surface area contributed by atoms with Gasteiger partial charge in [-0.15, -0.1) is 5.10 Å². The van der Waals surface area contributed by atoms with Crippen LogP contribution in [-0.4, -0.2) is 63.7 Å². The molecule has 1 N–H and O–H groups in total. The van der Waals surface area contributed by atoms with Gasteiger partial charge in [-0.3, -0.25) is 9.48 Å². The number of hydrogen-bond donors (Lipinski definition) is 1. The van der Waals surface area contributed by atoms with Crippen LogP contribution in [0.25, 0.3) is 5.82 Å². The number of hydrogen-bond acceptors (Lipinski definition) is 8. The molecule has 11 nitrogen and oxygen atoms in total. The summed E-state index contributed by atoms with van der Waals surface area (Å²) in [4.78, 5) is 20.0. The van der Waals surface area contributed by atoms with E-state index in [9.17, 15) is 26.4 Å². The predicted octanol–water partition coefficient (Wildman–Crippen LogP) is 4.41. The lowest BCUT2D eigenvalue weighted by Crippen LogP contribution is -2.41. The van der Waals surface area contributed by atoms with Gasteiger partial charge in [0.1, 0.15) is 17.3 Å². The second kappa shape index (κ2) is 10.3. The summed E-state index contributed by atoms with van der Waals surface area (Å²) >= 11 is 0. The maximum Gasteiger partial charge on any atom is 0.397 e. The van der Waals surface area contributed by atoms with Crippen molar-refractivity contribution in [2.75, 3.05) is 18.1 Å². The van der Waals surface area contributed by atoms with Crippen molar-refractivity contribution in [1.82, 2.24) is 29.3 Å². The fourth-order valence-corrected chi connectivity index (χ4v) is 6.38. The van der Waals surface area contributed by atoms with Crippen molar-refractivity contribution in [2.24, 2.45) is 17.9 Å². The molecule has 0 unspecified atom stereocenters. The van der Waals surface area contributed by atoms with E-state index in [2.05, 4.69) is 28.8 Å². The molecule has 42 heavy (non-hydrogen) atoms. The molecule has 1 amide bonds. The van der Waals surface area contributed by atoms with Crippen molar-refractivity contribution in [3.63, 3.8) is 0 Å². The lowest BCUT2D eigenvalue weighted by atomic mass is 9.86. The Bertz CT molecular complexity index is 1610. The molecule has 1 aliphatic heterocycles. The Balaban J connectivity index is 1.70. The monoisotopic (exact) mass is 611 g/mol. The molecule has 230 valence electrons. The van der Waals surface area contributed by atoms with Crippen molar-refractivity contribution >= 4 is 21.7 Å². The molecule has 0 spiro atoms. The number of alkyl halides is 3. The number of amides is 1. The van der Waals surface area contributed by atoms with Gasteiger partial charge in [-0.05, 0) is 58.6 Å². The van der Waals surface area contributed by atoms with Gasteiger partial charge in [-0.1, -0.05) is 13.8 Å². The number of anilines is 1. The summed E-state index contributed by atoms with van der Waals surface area (Å²) in [6, 6.07) is 4.35. The van der Waals surface area contributed by atoms with Gasteiger partial charge in [0.15, 0.2) is 5.82 Å². The third-order valence-corrected chi connectivity index (χ3v) is 8.66. The highest BCUT2D eigenvalue weighted by atomic mass is 32.2. The van der Waals surface area contributed by atoms with Crippen LogP contribution < -0.4 is 14.4 Å². The van der Waals surface area contributed by atoms with Crippen LogP contribution in [0.3, 0.4) is 0 Å². The number of ether oxygens (including phenoxy) is 1. The Morgan fingerprint density at radius 3 is 2.33 bits per heavy atom. The molecular weight excluding hydrogens is 575 g/mol. The molecule has 3 aromatic heterocycles. The van der Waals surface area contributed by atoms with E-state index in [0.29, 0.717) is 6.54 Å². The summed E-state index contributed by atoms with van der Waals surface area (Å²) in [5.41, 5.74) is -2.38. The van der Waals surface area contributed by atoms with Gasteiger partial charge < -0.3 is 9.64 Å². The zero-order valence-corrected chi connectivity index (χ0v) is 25.7. The number of rotatable bonds is 8. The van der Waals surface area contributed by atoms with Gasteiger partial charge in [-0.2, -0.15) is 18.3 Å². The minimum Gasteiger partial charge on any atom is -0.476 e. The highest BCUT2D eigenvalue weighted by Gasteiger charge is 2.48. The zero-order chi connectivity index (χ0) is 31.5. The van der Waals surface area contributed by atoms with Crippen LogP contribution in [0.1, 0.15) is 64.0 Å². The van der Waals surface area contributed by atoms with E-state index >= 15 is 0 Å². The number of nitrogens with zero attached hydrogens (tertiary/aromatic N) is 6. The number of halogens is 3. The Morgan fingerprint density at radius 2 is 1.79 bits per heavy atom. The van der Waals surface area contributed by atoms with Gasteiger partial charge in [0, 0.05) is 37.6 Å². The van der Waals surface area contributed by atoms with Crippen LogP contribution >= 0.6 is 0 Å². The first kappa shape index (κ1) is 31.3.